The lowest BCUT2D eigenvalue weighted by Gasteiger charge is -2.34. The summed E-state index contributed by atoms with van der Waals surface area (Å²) in [5.41, 5.74) is 0.900. The zero-order valence-corrected chi connectivity index (χ0v) is 23.0. The van der Waals surface area contributed by atoms with E-state index in [-0.39, 0.29) is 23.7 Å². The Morgan fingerprint density at radius 1 is 1.06 bits per heavy atom. The molecule has 1 aromatic rings. The standard InChI is InChI=1S/C28H44N4O4/c1-9-19(6)23-27(34)29-15-14-20-10-12-21(13-11-20)36-25(18(4)5)24(28(35)30-23)31-26(33)22(32(7)8)16-17(2)3/h10-15,17-19,22-25H,9,16H2,1-8H3,(H,29,34)(H,30,35)(H,31,33)/t19-,22-,23+,24+,25-/m0/s1. The third-order valence-corrected chi connectivity index (χ3v) is 6.63. The van der Waals surface area contributed by atoms with Crippen molar-refractivity contribution in [1.29, 1.82) is 0 Å². The minimum atomic E-state index is -0.996. The molecule has 36 heavy (non-hydrogen) atoms. The van der Waals surface area contributed by atoms with Crippen molar-refractivity contribution in [3.63, 3.8) is 0 Å². The number of nitrogens with zero attached hydrogens (tertiary/aromatic N) is 1. The van der Waals surface area contributed by atoms with Crippen LogP contribution >= 0.6 is 0 Å². The van der Waals surface area contributed by atoms with Crippen LogP contribution in [0, 0.1) is 17.8 Å². The second-order valence-electron chi connectivity index (χ2n) is 10.7. The molecule has 2 aliphatic rings. The average Bonchev–Trinajstić information content (AvgIpc) is 2.82. The molecule has 3 amide bonds. The van der Waals surface area contributed by atoms with Crippen molar-refractivity contribution < 1.29 is 19.1 Å². The summed E-state index contributed by atoms with van der Waals surface area (Å²) in [5, 5.41) is 8.70. The van der Waals surface area contributed by atoms with Crippen LogP contribution in [0.5, 0.6) is 5.75 Å². The Morgan fingerprint density at radius 3 is 2.22 bits per heavy atom. The van der Waals surface area contributed by atoms with Crippen LogP contribution in [0.3, 0.4) is 0 Å². The lowest BCUT2D eigenvalue weighted by Crippen LogP contribution is -2.62. The van der Waals surface area contributed by atoms with Crippen molar-refractivity contribution in [2.45, 2.75) is 78.6 Å². The summed E-state index contributed by atoms with van der Waals surface area (Å²) >= 11 is 0. The Morgan fingerprint density at radius 2 is 1.69 bits per heavy atom. The molecule has 1 aromatic carbocycles. The van der Waals surface area contributed by atoms with Gasteiger partial charge in [-0.25, -0.2) is 0 Å². The SMILES string of the molecule is CC[C@H](C)[C@H]1NC(=O)[C@H](NC(=O)[C@H](CC(C)C)N(C)C)[C@H](C(C)C)Oc2ccc(cc2)C=CNC1=O. The van der Waals surface area contributed by atoms with Crippen LogP contribution in [0.2, 0.25) is 0 Å². The van der Waals surface area contributed by atoms with Crippen molar-refractivity contribution in [3.05, 3.63) is 36.0 Å². The van der Waals surface area contributed by atoms with Crippen molar-refractivity contribution in [3.8, 4) is 5.75 Å². The number of carbonyl (C=O) groups excluding carboxylic acids is 3. The summed E-state index contributed by atoms with van der Waals surface area (Å²) in [5.74, 6) is -0.312. The molecule has 0 radical (unpaired) electrons. The van der Waals surface area contributed by atoms with E-state index in [1.165, 1.54) is 0 Å². The Kier molecular flexibility index (Phi) is 11.0. The molecule has 0 aromatic heterocycles. The number of ether oxygens (including phenoxy) is 1. The summed E-state index contributed by atoms with van der Waals surface area (Å²) in [6, 6.07) is 5.24. The molecule has 3 N–H and O–H groups in total. The van der Waals surface area contributed by atoms with E-state index >= 15 is 0 Å². The van der Waals surface area contributed by atoms with E-state index in [2.05, 4.69) is 29.8 Å². The molecule has 0 aliphatic carbocycles. The molecule has 0 saturated heterocycles. The third kappa shape index (κ3) is 8.08. The van der Waals surface area contributed by atoms with Crippen LogP contribution in [-0.2, 0) is 14.4 Å². The molecule has 8 nitrogen and oxygen atoms in total. The quantitative estimate of drug-likeness (QED) is 0.509. The van der Waals surface area contributed by atoms with E-state index in [0.29, 0.717) is 24.5 Å². The number of amides is 3. The summed E-state index contributed by atoms with van der Waals surface area (Å²) in [6.45, 7) is 11.9. The van der Waals surface area contributed by atoms with Crippen molar-refractivity contribution in [2.24, 2.45) is 17.8 Å². The topological polar surface area (TPSA) is 99.8 Å². The van der Waals surface area contributed by atoms with Crippen molar-refractivity contribution in [2.75, 3.05) is 14.1 Å². The summed E-state index contributed by atoms with van der Waals surface area (Å²) in [6.07, 6.45) is 4.06. The zero-order chi connectivity index (χ0) is 27.0. The fourth-order valence-corrected chi connectivity index (χ4v) is 4.20. The predicted molar refractivity (Wildman–Crippen MR) is 143 cm³/mol. The van der Waals surface area contributed by atoms with Crippen LogP contribution in [-0.4, -0.2) is 60.9 Å². The summed E-state index contributed by atoms with van der Waals surface area (Å²) < 4.78 is 6.31. The molecule has 0 spiro atoms. The highest BCUT2D eigenvalue weighted by atomic mass is 16.5. The lowest BCUT2D eigenvalue weighted by atomic mass is 9.94. The second kappa shape index (κ2) is 13.4. The van der Waals surface area contributed by atoms with Crippen molar-refractivity contribution >= 4 is 23.8 Å². The van der Waals surface area contributed by atoms with Gasteiger partial charge >= 0.3 is 0 Å². The highest BCUT2D eigenvalue weighted by Gasteiger charge is 2.38. The van der Waals surface area contributed by atoms with Gasteiger partial charge in [-0.1, -0.05) is 60.1 Å². The minimum absolute atomic E-state index is 0.104. The molecular weight excluding hydrogens is 456 g/mol. The molecule has 2 bridgehead atoms. The van der Waals surface area contributed by atoms with E-state index in [0.717, 1.165) is 5.56 Å². The maximum Gasteiger partial charge on any atom is 0.247 e. The van der Waals surface area contributed by atoms with E-state index in [1.807, 2.05) is 71.0 Å². The maximum atomic E-state index is 13.8. The fourth-order valence-electron chi connectivity index (χ4n) is 4.20. The number of hydrogen-bond acceptors (Lipinski definition) is 5. The number of rotatable bonds is 8. The smallest absolute Gasteiger partial charge is 0.247 e. The molecule has 3 rings (SSSR count). The van der Waals surface area contributed by atoms with Gasteiger partial charge in [0.1, 0.15) is 23.9 Å². The molecule has 200 valence electrons. The first-order valence-electron chi connectivity index (χ1n) is 12.9. The summed E-state index contributed by atoms with van der Waals surface area (Å²) in [4.78, 5) is 42.1. The normalized spacial score (nSPS) is 22.6. The van der Waals surface area contributed by atoms with Crippen LogP contribution in [0.4, 0.5) is 0 Å². The Bertz CT molecular complexity index is 911. The number of carbonyl (C=O) groups is 3. The van der Waals surface area contributed by atoms with Crippen LogP contribution in [0.15, 0.2) is 30.5 Å². The zero-order valence-electron chi connectivity index (χ0n) is 23.0. The van der Waals surface area contributed by atoms with Crippen LogP contribution in [0.25, 0.3) is 6.08 Å². The van der Waals surface area contributed by atoms with E-state index in [1.54, 1.807) is 12.3 Å². The van der Waals surface area contributed by atoms with Gasteiger partial charge in [-0.2, -0.15) is 0 Å². The van der Waals surface area contributed by atoms with Gasteiger partial charge in [-0.05, 0) is 62.0 Å². The largest absolute Gasteiger partial charge is 0.487 e. The van der Waals surface area contributed by atoms with Crippen LogP contribution in [0.1, 0.15) is 59.9 Å². The van der Waals surface area contributed by atoms with Crippen LogP contribution < -0.4 is 20.7 Å². The Labute approximate surface area is 216 Å². The number of likely N-dealkylation sites (N-methyl/N-ethyl adjacent to an activating group) is 1. The van der Waals surface area contributed by atoms with E-state index in [9.17, 15) is 14.4 Å². The van der Waals surface area contributed by atoms with Crippen molar-refractivity contribution in [1.82, 2.24) is 20.9 Å². The fraction of sp³-hybridized carbons (Fsp3) is 0.607. The van der Waals surface area contributed by atoms with E-state index < -0.39 is 30.1 Å². The Hall–Kier alpha value is -2.87. The first-order chi connectivity index (χ1) is 16.9. The van der Waals surface area contributed by atoms with Gasteiger partial charge in [0.15, 0.2) is 0 Å². The minimum Gasteiger partial charge on any atom is -0.487 e. The first kappa shape index (κ1) is 29.4. The molecule has 2 aliphatic heterocycles. The molecular formula is C28H44N4O4. The number of hydrogen-bond donors (Lipinski definition) is 3. The van der Waals surface area contributed by atoms with Gasteiger partial charge < -0.3 is 20.7 Å². The monoisotopic (exact) mass is 500 g/mol. The molecule has 5 atom stereocenters. The number of nitrogens with one attached hydrogen (secondary N) is 3. The van der Waals surface area contributed by atoms with Gasteiger partial charge in [0, 0.05) is 6.20 Å². The lowest BCUT2D eigenvalue weighted by molar-refractivity contribution is -0.136. The van der Waals surface area contributed by atoms with Gasteiger partial charge in [-0.3, -0.25) is 19.3 Å². The third-order valence-electron chi connectivity index (χ3n) is 6.63. The number of fused-ring (bicyclic) bond motifs is 10. The average molecular weight is 501 g/mol. The first-order valence-corrected chi connectivity index (χ1v) is 12.9. The predicted octanol–water partition coefficient (Wildman–Crippen LogP) is 3.18. The Balaban J connectivity index is 2.52. The highest BCUT2D eigenvalue weighted by molar-refractivity contribution is 5.94. The second-order valence-corrected chi connectivity index (χ2v) is 10.7. The molecule has 0 fully saturated rings. The van der Waals surface area contributed by atoms with Gasteiger partial charge in [-0.15, -0.1) is 0 Å². The van der Waals surface area contributed by atoms with Gasteiger partial charge in [0.05, 0.1) is 6.04 Å². The van der Waals surface area contributed by atoms with Gasteiger partial charge in [0.25, 0.3) is 0 Å². The highest BCUT2D eigenvalue weighted by Crippen LogP contribution is 2.21. The van der Waals surface area contributed by atoms with E-state index in [4.69, 9.17) is 4.74 Å². The van der Waals surface area contributed by atoms with Gasteiger partial charge in [0.2, 0.25) is 17.7 Å². The molecule has 0 saturated carbocycles. The summed E-state index contributed by atoms with van der Waals surface area (Å²) in [7, 11) is 3.71. The number of benzene rings is 1. The maximum absolute atomic E-state index is 13.8. The molecule has 8 heteroatoms. The molecule has 0 unspecified atom stereocenters. The molecule has 2 heterocycles.